The van der Waals surface area contributed by atoms with Crippen molar-refractivity contribution in [2.45, 2.75) is 12.8 Å². The number of aromatic nitrogens is 1. The molecule has 1 aromatic carbocycles. The van der Waals surface area contributed by atoms with Crippen LogP contribution in [-0.4, -0.2) is 35.1 Å². The fourth-order valence-corrected chi connectivity index (χ4v) is 2.72. The maximum absolute atomic E-state index is 11.9. The van der Waals surface area contributed by atoms with Crippen LogP contribution < -0.4 is 10.3 Å². The molecule has 1 aliphatic rings. The second-order valence-electron chi connectivity index (χ2n) is 5.61. The van der Waals surface area contributed by atoms with E-state index >= 15 is 0 Å². The second kappa shape index (κ2) is 7.52. The molecule has 2 heterocycles. The number of nitrogens with zero attached hydrogens (tertiary/aromatic N) is 4. The topological polar surface area (TPSA) is 101 Å². The Morgan fingerprint density at radius 2 is 2.08 bits per heavy atom. The highest BCUT2D eigenvalue weighted by atomic mass is 16.6. The van der Waals surface area contributed by atoms with Gasteiger partial charge in [-0.3, -0.25) is 19.9 Å². The molecule has 25 heavy (non-hydrogen) atoms. The van der Waals surface area contributed by atoms with E-state index in [4.69, 9.17) is 0 Å². The molecule has 0 bridgehead atoms. The van der Waals surface area contributed by atoms with Gasteiger partial charge < -0.3 is 4.90 Å². The van der Waals surface area contributed by atoms with E-state index in [9.17, 15) is 14.9 Å². The lowest BCUT2D eigenvalue weighted by molar-refractivity contribution is -0.384. The van der Waals surface area contributed by atoms with Crippen molar-refractivity contribution < 1.29 is 9.72 Å². The lowest BCUT2D eigenvalue weighted by Gasteiger charge is -2.19. The average Bonchev–Trinajstić information content (AvgIpc) is 3.16. The minimum atomic E-state index is -0.447. The van der Waals surface area contributed by atoms with Crippen LogP contribution in [-0.2, 0) is 0 Å². The van der Waals surface area contributed by atoms with Gasteiger partial charge in [-0.25, -0.2) is 5.43 Å². The average molecular weight is 339 g/mol. The zero-order valence-electron chi connectivity index (χ0n) is 13.5. The van der Waals surface area contributed by atoms with Crippen LogP contribution in [0.4, 0.5) is 11.4 Å². The van der Waals surface area contributed by atoms with E-state index < -0.39 is 10.8 Å². The Hall–Kier alpha value is -3.29. The molecule has 1 N–H and O–H groups in total. The highest BCUT2D eigenvalue weighted by molar-refractivity contribution is 5.94. The van der Waals surface area contributed by atoms with Gasteiger partial charge in [-0.15, -0.1) is 0 Å². The zero-order valence-corrected chi connectivity index (χ0v) is 13.5. The number of hydrogen-bond acceptors (Lipinski definition) is 6. The highest BCUT2D eigenvalue weighted by Gasteiger charge is 2.18. The Bertz CT molecular complexity index is 801. The van der Waals surface area contributed by atoms with Gasteiger partial charge in [0.05, 0.1) is 11.1 Å². The van der Waals surface area contributed by atoms with E-state index in [0.29, 0.717) is 5.56 Å². The molecule has 1 amide bonds. The molecule has 3 rings (SSSR count). The molecular weight excluding hydrogens is 322 g/mol. The van der Waals surface area contributed by atoms with Crippen molar-refractivity contribution >= 4 is 23.5 Å². The van der Waals surface area contributed by atoms with Gasteiger partial charge in [0, 0.05) is 42.7 Å². The summed E-state index contributed by atoms with van der Waals surface area (Å²) in [7, 11) is 0. The predicted octanol–water partition coefficient (Wildman–Crippen LogP) is 2.35. The van der Waals surface area contributed by atoms with E-state index in [1.807, 2.05) is 0 Å². The molecular formula is C17H17N5O3. The number of nitro benzene ring substituents is 1. The van der Waals surface area contributed by atoms with E-state index in [1.54, 1.807) is 24.3 Å². The van der Waals surface area contributed by atoms with Crippen molar-refractivity contribution in [3.05, 3.63) is 64.0 Å². The number of nitrogens with one attached hydrogen (secondary N) is 1. The Labute approximate surface area is 144 Å². The lowest BCUT2D eigenvalue weighted by atomic mass is 10.1. The summed E-state index contributed by atoms with van der Waals surface area (Å²) in [5, 5.41) is 15.0. The molecule has 1 aliphatic heterocycles. The van der Waals surface area contributed by atoms with E-state index in [2.05, 4.69) is 20.4 Å². The molecule has 0 atom stereocenters. The standard InChI is InChI=1S/C17H17N5O3/c23-17(15-5-1-2-8-18-15)20-19-12-13-11-14(22(24)25)6-7-16(13)21-9-3-4-10-21/h1-2,5-8,11-12H,3-4,9-10H2,(H,20,23)/b19-12-. The number of carbonyl (C=O) groups excluding carboxylic acids is 1. The van der Waals surface area contributed by atoms with Crippen molar-refractivity contribution in [1.82, 2.24) is 10.4 Å². The van der Waals surface area contributed by atoms with E-state index in [0.717, 1.165) is 31.6 Å². The molecule has 0 spiro atoms. The number of non-ortho nitro benzene ring substituents is 1. The summed E-state index contributed by atoms with van der Waals surface area (Å²) >= 11 is 0. The third kappa shape index (κ3) is 3.97. The van der Waals surface area contributed by atoms with Crippen LogP contribution in [0.25, 0.3) is 0 Å². The van der Waals surface area contributed by atoms with Crippen LogP contribution in [0.1, 0.15) is 28.9 Å². The number of nitro groups is 1. The highest BCUT2D eigenvalue weighted by Crippen LogP contribution is 2.27. The normalized spacial score (nSPS) is 14.0. The van der Waals surface area contributed by atoms with E-state index in [-0.39, 0.29) is 11.4 Å². The Morgan fingerprint density at radius 3 is 2.76 bits per heavy atom. The van der Waals surface area contributed by atoms with Crippen molar-refractivity contribution in [2.24, 2.45) is 5.10 Å². The first kappa shape index (κ1) is 16.6. The number of rotatable bonds is 5. The van der Waals surface area contributed by atoms with Gasteiger partial charge >= 0.3 is 0 Å². The molecule has 0 unspecified atom stereocenters. The number of carbonyl (C=O) groups is 1. The Balaban J connectivity index is 1.80. The van der Waals surface area contributed by atoms with Crippen LogP contribution in [0.5, 0.6) is 0 Å². The predicted molar refractivity (Wildman–Crippen MR) is 93.8 cm³/mol. The first-order valence-electron chi connectivity index (χ1n) is 7.93. The SMILES string of the molecule is O=C(N/N=C\c1cc([N+](=O)[O-])ccc1N1CCCC1)c1ccccn1. The summed E-state index contributed by atoms with van der Waals surface area (Å²) in [6, 6.07) is 9.67. The quantitative estimate of drug-likeness (QED) is 0.512. The molecule has 2 aromatic rings. The van der Waals surface area contributed by atoms with Gasteiger partial charge in [0.15, 0.2) is 0 Å². The number of hydrazone groups is 1. The number of pyridine rings is 1. The molecule has 0 saturated carbocycles. The fourth-order valence-electron chi connectivity index (χ4n) is 2.72. The molecule has 0 aliphatic carbocycles. The molecule has 1 fully saturated rings. The molecule has 8 nitrogen and oxygen atoms in total. The van der Waals surface area contributed by atoms with Crippen LogP contribution in [0.3, 0.4) is 0 Å². The third-order valence-electron chi connectivity index (χ3n) is 3.94. The summed E-state index contributed by atoms with van der Waals surface area (Å²) in [6.45, 7) is 1.80. The smallest absolute Gasteiger partial charge is 0.289 e. The molecule has 1 saturated heterocycles. The van der Waals surface area contributed by atoms with Crippen molar-refractivity contribution in [2.75, 3.05) is 18.0 Å². The van der Waals surface area contributed by atoms with E-state index in [1.165, 1.54) is 24.5 Å². The van der Waals surface area contributed by atoms with Crippen LogP contribution in [0.15, 0.2) is 47.7 Å². The number of anilines is 1. The maximum Gasteiger partial charge on any atom is 0.289 e. The first-order valence-corrected chi connectivity index (χ1v) is 7.93. The van der Waals surface area contributed by atoms with Crippen molar-refractivity contribution in [1.29, 1.82) is 0 Å². The first-order chi connectivity index (χ1) is 12.1. The van der Waals surface area contributed by atoms with Gasteiger partial charge in [0.1, 0.15) is 5.69 Å². The van der Waals surface area contributed by atoms with Gasteiger partial charge in [-0.05, 0) is 31.0 Å². The molecule has 0 radical (unpaired) electrons. The van der Waals surface area contributed by atoms with Gasteiger partial charge in [-0.1, -0.05) is 6.07 Å². The number of hydrogen-bond donors (Lipinski definition) is 1. The molecule has 1 aromatic heterocycles. The fraction of sp³-hybridized carbons (Fsp3) is 0.235. The summed E-state index contributed by atoms with van der Waals surface area (Å²) < 4.78 is 0. The maximum atomic E-state index is 11.9. The third-order valence-corrected chi connectivity index (χ3v) is 3.94. The summed E-state index contributed by atoms with van der Waals surface area (Å²) in [5.74, 6) is -0.440. The molecule has 128 valence electrons. The monoisotopic (exact) mass is 339 g/mol. The molecule has 8 heteroatoms. The minimum absolute atomic E-state index is 0.0135. The summed E-state index contributed by atoms with van der Waals surface area (Å²) in [4.78, 5) is 28.6. The summed E-state index contributed by atoms with van der Waals surface area (Å²) in [5.41, 5.74) is 4.10. The Morgan fingerprint density at radius 1 is 1.28 bits per heavy atom. The van der Waals surface area contributed by atoms with Gasteiger partial charge in [-0.2, -0.15) is 5.10 Å². The lowest BCUT2D eigenvalue weighted by Crippen LogP contribution is -2.21. The largest absolute Gasteiger partial charge is 0.371 e. The number of amides is 1. The summed E-state index contributed by atoms with van der Waals surface area (Å²) in [6.07, 6.45) is 5.13. The van der Waals surface area contributed by atoms with Gasteiger partial charge in [0.2, 0.25) is 0 Å². The zero-order chi connectivity index (χ0) is 17.6. The minimum Gasteiger partial charge on any atom is -0.371 e. The van der Waals surface area contributed by atoms with Gasteiger partial charge in [0.25, 0.3) is 11.6 Å². The van der Waals surface area contributed by atoms with Crippen LogP contribution in [0, 0.1) is 10.1 Å². The van der Waals surface area contributed by atoms with Crippen LogP contribution in [0.2, 0.25) is 0 Å². The second-order valence-corrected chi connectivity index (χ2v) is 5.61. The Kier molecular flexibility index (Phi) is 4.98. The van der Waals surface area contributed by atoms with Crippen molar-refractivity contribution in [3.63, 3.8) is 0 Å². The van der Waals surface area contributed by atoms with Crippen LogP contribution >= 0.6 is 0 Å². The number of benzene rings is 1. The van der Waals surface area contributed by atoms with Crippen molar-refractivity contribution in [3.8, 4) is 0 Å².